The van der Waals surface area contributed by atoms with Crippen molar-refractivity contribution in [2.24, 2.45) is 17.4 Å². The highest BCUT2D eigenvalue weighted by atomic mass is 16.2. The number of amides is 2. The molecule has 5 atom stereocenters. The summed E-state index contributed by atoms with van der Waals surface area (Å²) in [6, 6.07) is 8.59. The number of carbonyl (C=O) groups excluding carboxylic acids is 2. The average molecular weight is 409 g/mol. The molecule has 30 heavy (non-hydrogen) atoms. The molecule has 0 aliphatic carbocycles. The number of nitrogens with two attached hydrogens (primary N) is 2. The Labute approximate surface area is 176 Å². The van der Waals surface area contributed by atoms with Crippen LogP contribution in [0.4, 0.5) is 5.69 Å². The molecule has 0 aromatic heterocycles. The van der Waals surface area contributed by atoms with Crippen molar-refractivity contribution in [2.45, 2.75) is 43.9 Å². The third kappa shape index (κ3) is 3.44. The van der Waals surface area contributed by atoms with Crippen LogP contribution in [-0.4, -0.2) is 65.4 Å². The first-order chi connectivity index (χ1) is 14.3. The van der Waals surface area contributed by atoms with Crippen LogP contribution in [0.2, 0.25) is 0 Å². The number of likely N-dealkylation sites (tertiary alicyclic amines) is 2. The Morgan fingerprint density at radius 3 is 2.60 bits per heavy atom. The van der Waals surface area contributed by atoms with Gasteiger partial charge in [-0.15, -0.1) is 0 Å². The highest BCUT2D eigenvalue weighted by molar-refractivity contribution is 6.02. The number of hydrogen-bond donors (Lipinski definition) is 2. The lowest BCUT2D eigenvalue weighted by atomic mass is 10.1. The van der Waals surface area contributed by atoms with Crippen LogP contribution < -0.4 is 16.4 Å². The van der Waals surface area contributed by atoms with Crippen LogP contribution in [-0.2, 0) is 4.79 Å². The lowest BCUT2D eigenvalue weighted by Crippen LogP contribution is -2.54. The number of piperazine rings is 1. The van der Waals surface area contributed by atoms with E-state index in [-0.39, 0.29) is 30.1 Å². The van der Waals surface area contributed by atoms with E-state index in [1.165, 1.54) is 0 Å². The fraction of sp³-hybridized carbons (Fsp3) is 0.500. The summed E-state index contributed by atoms with van der Waals surface area (Å²) in [4.78, 5) is 30.3. The smallest absolute Gasteiger partial charge is 0.248 e. The average Bonchev–Trinajstić information content (AvgIpc) is 3.39. The minimum Gasteiger partial charge on any atom is -0.366 e. The highest BCUT2D eigenvalue weighted by Crippen LogP contribution is 2.36. The van der Waals surface area contributed by atoms with E-state index in [4.69, 9.17) is 11.5 Å². The van der Waals surface area contributed by atoms with Gasteiger partial charge in [-0.1, -0.05) is 13.5 Å². The van der Waals surface area contributed by atoms with Gasteiger partial charge in [0.15, 0.2) is 0 Å². The van der Waals surface area contributed by atoms with E-state index in [9.17, 15) is 14.9 Å². The van der Waals surface area contributed by atoms with Crippen LogP contribution in [0, 0.1) is 17.2 Å². The maximum Gasteiger partial charge on any atom is 0.248 e. The Balaban J connectivity index is 1.40. The minimum absolute atomic E-state index is 0.0561. The molecule has 0 radical (unpaired) electrons. The molecule has 0 spiro atoms. The maximum absolute atomic E-state index is 13.0. The summed E-state index contributed by atoms with van der Waals surface area (Å²) >= 11 is 0. The summed E-state index contributed by atoms with van der Waals surface area (Å²) < 4.78 is 0. The normalized spacial score (nSPS) is 29.3. The molecule has 2 bridgehead atoms. The molecule has 4 N–H and O–H groups in total. The van der Waals surface area contributed by atoms with Crippen molar-refractivity contribution < 1.29 is 9.59 Å². The Kier molecular flexibility index (Phi) is 5.26. The first-order valence-corrected chi connectivity index (χ1v) is 10.4. The second-order valence-corrected chi connectivity index (χ2v) is 8.71. The first kappa shape index (κ1) is 20.4. The highest BCUT2D eigenvalue weighted by Gasteiger charge is 2.50. The van der Waals surface area contributed by atoms with Gasteiger partial charge in [-0.05, 0) is 43.0 Å². The zero-order valence-corrected chi connectivity index (χ0v) is 17.2. The van der Waals surface area contributed by atoms with Crippen molar-refractivity contribution in [1.29, 1.82) is 5.26 Å². The van der Waals surface area contributed by atoms with E-state index in [1.54, 1.807) is 24.3 Å². The van der Waals surface area contributed by atoms with Gasteiger partial charge in [-0.2, -0.15) is 5.26 Å². The molecule has 2 amide bonds. The van der Waals surface area contributed by atoms with Crippen LogP contribution in [0.1, 0.15) is 30.1 Å². The summed E-state index contributed by atoms with van der Waals surface area (Å²) in [6.07, 6.45) is 1.59. The molecule has 4 rings (SSSR count). The van der Waals surface area contributed by atoms with Crippen LogP contribution in [0.25, 0.3) is 0 Å². The van der Waals surface area contributed by atoms with Crippen molar-refractivity contribution in [3.8, 4) is 6.07 Å². The molecule has 3 saturated heterocycles. The Morgan fingerprint density at radius 2 is 2.00 bits per heavy atom. The van der Waals surface area contributed by atoms with Crippen molar-refractivity contribution in [2.75, 3.05) is 24.5 Å². The Bertz CT molecular complexity index is 907. The van der Waals surface area contributed by atoms with Crippen LogP contribution in [0.5, 0.6) is 0 Å². The fourth-order valence-corrected chi connectivity index (χ4v) is 5.05. The van der Waals surface area contributed by atoms with Crippen molar-refractivity contribution in [3.63, 3.8) is 0 Å². The number of hydrogen-bond acceptors (Lipinski definition) is 6. The molecule has 158 valence electrons. The first-order valence-electron chi connectivity index (χ1n) is 10.4. The Hall–Kier alpha value is -2.89. The summed E-state index contributed by atoms with van der Waals surface area (Å²) in [6.45, 7) is 8.38. The third-order valence-electron chi connectivity index (χ3n) is 6.59. The number of nitriles is 1. The molecule has 3 heterocycles. The van der Waals surface area contributed by atoms with Crippen LogP contribution in [0.15, 0.2) is 36.5 Å². The van der Waals surface area contributed by atoms with E-state index in [0.29, 0.717) is 18.0 Å². The molecule has 3 fully saturated rings. The predicted molar refractivity (Wildman–Crippen MR) is 113 cm³/mol. The lowest BCUT2D eigenvalue weighted by molar-refractivity contribution is -0.122. The van der Waals surface area contributed by atoms with E-state index in [1.807, 2.05) is 9.80 Å². The van der Waals surface area contributed by atoms with E-state index in [0.717, 1.165) is 37.3 Å². The summed E-state index contributed by atoms with van der Waals surface area (Å²) in [5.74, 6) is 0.0142. The van der Waals surface area contributed by atoms with Crippen molar-refractivity contribution in [3.05, 3.63) is 42.1 Å². The molecular formula is C22H28N6O2. The van der Waals surface area contributed by atoms with Gasteiger partial charge in [0.2, 0.25) is 11.8 Å². The topological polar surface area (TPSA) is 120 Å². The number of primary amides is 1. The number of nitrogens with zero attached hydrogens (tertiary/aromatic N) is 4. The van der Waals surface area contributed by atoms with Gasteiger partial charge >= 0.3 is 0 Å². The van der Waals surface area contributed by atoms with Gasteiger partial charge in [-0.25, -0.2) is 0 Å². The third-order valence-corrected chi connectivity index (χ3v) is 6.59. The van der Waals surface area contributed by atoms with Crippen molar-refractivity contribution >= 4 is 17.5 Å². The second-order valence-electron chi connectivity index (χ2n) is 8.71. The van der Waals surface area contributed by atoms with E-state index in [2.05, 4.69) is 24.5 Å². The molecule has 0 saturated carbocycles. The molecule has 8 nitrogen and oxygen atoms in total. The van der Waals surface area contributed by atoms with Crippen LogP contribution >= 0.6 is 0 Å². The maximum atomic E-state index is 13.0. The summed E-state index contributed by atoms with van der Waals surface area (Å²) in [7, 11) is 0. The number of fused-ring (bicyclic) bond motifs is 2. The SMILES string of the molecule is C=C(C(N)CN1C[C@@H]2CC1C(=O)N2c1ccc(C(N)=O)cc1)N1CC(C)CC1C#N. The monoisotopic (exact) mass is 408 g/mol. The van der Waals surface area contributed by atoms with Gasteiger partial charge in [0.25, 0.3) is 0 Å². The lowest BCUT2D eigenvalue weighted by Gasteiger charge is -2.36. The molecule has 3 aliphatic heterocycles. The number of rotatable bonds is 6. The molecule has 3 aliphatic rings. The second kappa shape index (κ2) is 7.74. The predicted octanol–water partition coefficient (Wildman–Crippen LogP) is 0.650. The molecule has 1 aromatic carbocycles. The quantitative estimate of drug-likeness (QED) is 0.713. The van der Waals surface area contributed by atoms with Crippen LogP contribution in [0.3, 0.4) is 0 Å². The zero-order chi connectivity index (χ0) is 21.6. The van der Waals surface area contributed by atoms with Gasteiger partial charge in [-0.3, -0.25) is 14.5 Å². The zero-order valence-electron chi connectivity index (χ0n) is 17.2. The van der Waals surface area contributed by atoms with Crippen molar-refractivity contribution in [1.82, 2.24) is 9.80 Å². The molecule has 4 unspecified atom stereocenters. The molecule has 1 aromatic rings. The number of carbonyl (C=O) groups is 2. The number of benzene rings is 1. The van der Waals surface area contributed by atoms with E-state index < -0.39 is 5.91 Å². The summed E-state index contributed by atoms with van der Waals surface area (Å²) in [5, 5.41) is 9.41. The van der Waals surface area contributed by atoms with Gasteiger partial charge < -0.3 is 21.3 Å². The Morgan fingerprint density at radius 1 is 1.30 bits per heavy atom. The van der Waals surface area contributed by atoms with E-state index >= 15 is 0 Å². The largest absolute Gasteiger partial charge is 0.366 e. The van der Waals surface area contributed by atoms with Gasteiger partial charge in [0.05, 0.1) is 24.2 Å². The standard InChI is InChI=1S/C22H28N6O2/c1-13-7-17(9-23)27(10-13)14(2)19(24)12-26-11-18-8-20(26)22(30)28(18)16-5-3-15(4-6-16)21(25)29/h3-6,13,17-20H,2,7-8,10-12,24H2,1H3,(H2,25,29)/t13?,17?,18-,19?,20?/m0/s1. The molecule has 8 heteroatoms. The minimum atomic E-state index is -0.484. The molecular weight excluding hydrogens is 380 g/mol. The van der Waals surface area contributed by atoms with Gasteiger partial charge in [0, 0.05) is 36.6 Å². The number of anilines is 1. The fourth-order valence-electron chi connectivity index (χ4n) is 5.05. The van der Waals surface area contributed by atoms with Gasteiger partial charge in [0.1, 0.15) is 6.04 Å². The summed E-state index contributed by atoms with van der Waals surface area (Å²) in [5.41, 5.74) is 13.7.